The number of rotatable bonds is 5. The fourth-order valence-corrected chi connectivity index (χ4v) is 3.25. The summed E-state index contributed by atoms with van der Waals surface area (Å²) in [5.41, 5.74) is 2.83. The summed E-state index contributed by atoms with van der Waals surface area (Å²) in [4.78, 5) is 20.6. The van der Waals surface area contributed by atoms with Crippen molar-refractivity contribution in [2.75, 3.05) is 25.0 Å². The van der Waals surface area contributed by atoms with Crippen LogP contribution in [-0.4, -0.2) is 42.0 Å². The van der Waals surface area contributed by atoms with Crippen molar-refractivity contribution >= 4 is 11.6 Å². The maximum atomic E-state index is 12.5. The molecule has 5 heteroatoms. The van der Waals surface area contributed by atoms with E-state index in [4.69, 9.17) is 5.26 Å². The van der Waals surface area contributed by atoms with Gasteiger partial charge in [0.2, 0.25) is 5.91 Å². The van der Waals surface area contributed by atoms with Crippen molar-refractivity contribution in [1.82, 2.24) is 9.88 Å². The summed E-state index contributed by atoms with van der Waals surface area (Å²) in [5.74, 6) is 0.207. The summed E-state index contributed by atoms with van der Waals surface area (Å²) in [5, 5.41) is 9.05. The smallest absolute Gasteiger partial charge is 0.222 e. The number of aromatic nitrogens is 1. The number of aryl methyl sites for hydroxylation is 1. The molecule has 0 aliphatic carbocycles. The number of pyridine rings is 1. The van der Waals surface area contributed by atoms with Crippen molar-refractivity contribution in [2.24, 2.45) is 0 Å². The number of hydrogen-bond acceptors (Lipinski definition) is 4. The zero-order valence-electron chi connectivity index (χ0n) is 14.4. The maximum absolute atomic E-state index is 12.5. The van der Waals surface area contributed by atoms with Crippen LogP contribution in [0.5, 0.6) is 0 Å². The minimum atomic E-state index is 0.207. The summed E-state index contributed by atoms with van der Waals surface area (Å²) in [7, 11) is 2.03. The van der Waals surface area contributed by atoms with Crippen molar-refractivity contribution in [1.29, 1.82) is 5.26 Å². The molecule has 0 spiro atoms. The quantitative estimate of drug-likeness (QED) is 0.843. The fourth-order valence-electron chi connectivity index (χ4n) is 3.25. The van der Waals surface area contributed by atoms with Gasteiger partial charge in [0.05, 0.1) is 11.6 Å². The van der Waals surface area contributed by atoms with Gasteiger partial charge in [0.25, 0.3) is 0 Å². The minimum Gasteiger partial charge on any atom is -0.370 e. The van der Waals surface area contributed by atoms with Gasteiger partial charge in [-0.05, 0) is 48.7 Å². The van der Waals surface area contributed by atoms with E-state index in [0.717, 1.165) is 37.2 Å². The van der Waals surface area contributed by atoms with Crippen LogP contribution in [0.2, 0.25) is 0 Å². The molecule has 128 valence electrons. The van der Waals surface area contributed by atoms with E-state index in [1.165, 1.54) is 0 Å². The second-order valence-corrected chi connectivity index (χ2v) is 6.41. The number of anilines is 1. The Balaban J connectivity index is 1.55. The van der Waals surface area contributed by atoms with Gasteiger partial charge in [0.1, 0.15) is 0 Å². The topological polar surface area (TPSA) is 60.2 Å². The number of likely N-dealkylation sites (tertiary alicyclic amines) is 1. The Morgan fingerprint density at radius 1 is 1.36 bits per heavy atom. The molecule has 0 N–H and O–H groups in total. The van der Waals surface area contributed by atoms with Gasteiger partial charge < -0.3 is 9.80 Å². The van der Waals surface area contributed by atoms with Crippen molar-refractivity contribution < 1.29 is 4.79 Å². The lowest BCUT2D eigenvalue weighted by Crippen LogP contribution is -2.36. The first-order valence-electron chi connectivity index (χ1n) is 8.57. The highest BCUT2D eigenvalue weighted by Crippen LogP contribution is 2.23. The molecule has 1 saturated heterocycles. The molecule has 0 saturated carbocycles. The molecule has 1 aromatic carbocycles. The van der Waals surface area contributed by atoms with E-state index >= 15 is 0 Å². The Morgan fingerprint density at radius 2 is 2.16 bits per heavy atom. The first-order chi connectivity index (χ1) is 12.2. The van der Waals surface area contributed by atoms with E-state index in [-0.39, 0.29) is 5.91 Å². The number of carbonyl (C=O) groups is 1. The zero-order valence-corrected chi connectivity index (χ0v) is 14.4. The lowest BCUT2D eigenvalue weighted by Gasteiger charge is -2.27. The highest BCUT2D eigenvalue weighted by Gasteiger charge is 2.28. The molecule has 1 aromatic heterocycles. The van der Waals surface area contributed by atoms with Gasteiger partial charge in [-0.2, -0.15) is 5.26 Å². The van der Waals surface area contributed by atoms with Crippen LogP contribution in [0.25, 0.3) is 0 Å². The van der Waals surface area contributed by atoms with Crippen LogP contribution in [0.1, 0.15) is 24.0 Å². The fraction of sp³-hybridized carbons (Fsp3) is 0.350. The van der Waals surface area contributed by atoms with E-state index in [0.29, 0.717) is 18.0 Å². The standard InChI is InChI=1S/C20H22N4O/c1-23(18-4-2-3-17(13-18)14-21)19-9-12-24(15-19)20(25)6-5-16-7-10-22-11-8-16/h2-4,7-8,10-11,13,19H,5-6,9,12,15H2,1H3. The molecular formula is C20H22N4O. The molecule has 2 heterocycles. The Kier molecular flexibility index (Phi) is 5.30. The molecule has 5 nitrogen and oxygen atoms in total. The monoisotopic (exact) mass is 334 g/mol. The van der Waals surface area contributed by atoms with Gasteiger partial charge in [0.15, 0.2) is 0 Å². The summed E-state index contributed by atoms with van der Waals surface area (Å²) in [6.45, 7) is 1.53. The Bertz CT molecular complexity index is 769. The van der Waals surface area contributed by atoms with Crippen LogP contribution in [-0.2, 0) is 11.2 Å². The molecule has 3 rings (SSSR count). The highest BCUT2D eigenvalue weighted by molar-refractivity contribution is 5.77. The van der Waals surface area contributed by atoms with Crippen LogP contribution in [0.15, 0.2) is 48.8 Å². The van der Waals surface area contributed by atoms with E-state index in [1.54, 1.807) is 18.5 Å². The normalized spacial score (nSPS) is 16.5. The van der Waals surface area contributed by atoms with Crippen LogP contribution >= 0.6 is 0 Å². The van der Waals surface area contributed by atoms with Crippen molar-refractivity contribution in [3.8, 4) is 6.07 Å². The molecule has 2 aromatic rings. The summed E-state index contributed by atoms with van der Waals surface area (Å²) in [6.07, 6.45) is 5.76. The van der Waals surface area contributed by atoms with Gasteiger partial charge in [-0.25, -0.2) is 0 Å². The number of carbonyl (C=O) groups excluding carboxylic acids is 1. The number of hydrogen-bond donors (Lipinski definition) is 0. The molecule has 1 aliphatic rings. The van der Waals surface area contributed by atoms with E-state index in [2.05, 4.69) is 16.0 Å². The Morgan fingerprint density at radius 3 is 2.92 bits per heavy atom. The summed E-state index contributed by atoms with van der Waals surface area (Å²) in [6, 6.07) is 14.0. The van der Waals surface area contributed by atoms with Gasteiger partial charge in [0, 0.05) is 50.7 Å². The van der Waals surface area contributed by atoms with Crippen molar-refractivity contribution in [3.05, 3.63) is 59.9 Å². The molecule has 1 aliphatic heterocycles. The first kappa shape index (κ1) is 17.0. The second-order valence-electron chi connectivity index (χ2n) is 6.41. The van der Waals surface area contributed by atoms with Crippen LogP contribution in [0, 0.1) is 11.3 Å². The predicted octanol–water partition coefficient (Wildman–Crippen LogP) is 2.62. The Labute approximate surface area is 148 Å². The number of likely N-dealkylation sites (N-methyl/N-ethyl adjacent to an activating group) is 1. The molecule has 25 heavy (non-hydrogen) atoms. The van der Waals surface area contributed by atoms with E-state index in [9.17, 15) is 4.79 Å². The number of amides is 1. The van der Waals surface area contributed by atoms with Gasteiger partial charge >= 0.3 is 0 Å². The largest absolute Gasteiger partial charge is 0.370 e. The molecule has 1 fully saturated rings. The third-order valence-electron chi connectivity index (χ3n) is 4.82. The van der Waals surface area contributed by atoms with Crippen LogP contribution in [0.4, 0.5) is 5.69 Å². The maximum Gasteiger partial charge on any atom is 0.222 e. The number of nitrogens with zero attached hydrogens (tertiary/aromatic N) is 4. The third-order valence-corrected chi connectivity index (χ3v) is 4.82. The first-order valence-corrected chi connectivity index (χ1v) is 8.57. The Hall–Kier alpha value is -2.87. The van der Waals surface area contributed by atoms with Gasteiger partial charge in [-0.1, -0.05) is 6.07 Å². The molecule has 1 unspecified atom stereocenters. The van der Waals surface area contributed by atoms with E-state index in [1.807, 2.05) is 42.3 Å². The van der Waals surface area contributed by atoms with Crippen molar-refractivity contribution in [2.45, 2.75) is 25.3 Å². The average Bonchev–Trinajstić information content (AvgIpc) is 3.16. The van der Waals surface area contributed by atoms with Crippen LogP contribution < -0.4 is 4.90 Å². The SMILES string of the molecule is CN(c1cccc(C#N)c1)C1CCN(C(=O)CCc2ccncc2)C1. The average molecular weight is 334 g/mol. The number of nitriles is 1. The molecular weight excluding hydrogens is 312 g/mol. The van der Waals surface area contributed by atoms with Gasteiger partial charge in [-0.15, -0.1) is 0 Å². The third kappa shape index (κ3) is 4.16. The van der Waals surface area contributed by atoms with E-state index < -0.39 is 0 Å². The summed E-state index contributed by atoms with van der Waals surface area (Å²) >= 11 is 0. The lowest BCUT2D eigenvalue weighted by atomic mass is 10.1. The molecule has 0 bridgehead atoms. The molecule has 0 radical (unpaired) electrons. The molecule has 1 atom stereocenters. The van der Waals surface area contributed by atoms with Crippen molar-refractivity contribution in [3.63, 3.8) is 0 Å². The number of benzene rings is 1. The second kappa shape index (κ2) is 7.80. The molecule has 1 amide bonds. The predicted molar refractivity (Wildman–Crippen MR) is 97.1 cm³/mol. The van der Waals surface area contributed by atoms with Crippen LogP contribution in [0.3, 0.4) is 0 Å². The summed E-state index contributed by atoms with van der Waals surface area (Å²) < 4.78 is 0. The highest BCUT2D eigenvalue weighted by atomic mass is 16.2. The minimum absolute atomic E-state index is 0.207. The lowest BCUT2D eigenvalue weighted by molar-refractivity contribution is -0.130. The van der Waals surface area contributed by atoms with Gasteiger partial charge in [-0.3, -0.25) is 9.78 Å². The zero-order chi connectivity index (χ0) is 17.6.